The van der Waals surface area contributed by atoms with E-state index in [0.717, 1.165) is 5.56 Å². The lowest BCUT2D eigenvalue weighted by Crippen LogP contribution is -2.45. The van der Waals surface area contributed by atoms with E-state index in [1.807, 2.05) is 71.9 Å². The quantitative estimate of drug-likeness (QED) is 0.638. The van der Waals surface area contributed by atoms with Gasteiger partial charge in [0.25, 0.3) is 0 Å². The van der Waals surface area contributed by atoms with E-state index in [0.29, 0.717) is 13.2 Å². The first-order valence-corrected chi connectivity index (χ1v) is 9.56. The second kappa shape index (κ2) is 10.2. The van der Waals surface area contributed by atoms with E-state index in [1.165, 1.54) is 0 Å². The molecule has 1 aromatic carbocycles. The minimum Gasteiger partial charge on any atom is -0.392 e. The number of ketones is 1. The minimum absolute atomic E-state index is 0.0214. The van der Waals surface area contributed by atoms with E-state index < -0.39 is 17.4 Å². The Morgan fingerprint density at radius 3 is 2.19 bits per heavy atom. The third-order valence-corrected chi connectivity index (χ3v) is 5.13. The van der Waals surface area contributed by atoms with Crippen LogP contribution >= 0.6 is 0 Å². The number of carbonyl (C=O) groups excluding carboxylic acids is 1. The monoisotopic (exact) mass is 364 g/mol. The molecule has 0 fully saturated rings. The van der Waals surface area contributed by atoms with Gasteiger partial charge in [0, 0.05) is 17.3 Å². The van der Waals surface area contributed by atoms with Crippen LogP contribution < -0.4 is 0 Å². The fourth-order valence-electron chi connectivity index (χ4n) is 3.05. The molecule has 0 amide bonds. The Hall–Kier alpha value is -1.23. The summed E-state index contributed by atoms with van der Waals surface area (Å²) in [4.78, 5) is 12.9. The standard InChI is InChI=1S/C22H36O4/c1-15(2)26-18(5)22(6,7)21(24)17(4)20(23)16(3)13-25-14-19-11-9-8-10-12-19/h8-12,15-18,20,23H,13-14H2,1-7H3/t16-,17?,18?,20?/m0/s1. The number of hydrogen-bond donors (Lipinski definition) is 1. The highest BCUT2D eigenvalue weighted by molar-refractivity contribution is 5.87. The van der Waals surface area contributed by atoms with E-state index in [4.69, 9.17) is 9.47 Å². The van der Waals surface area contributed by atoms with Crippen molar-refractivity contribution in [2.24, 2.45) is 17.3 Å². The molecule has 1 N–H and O–H groups in total. The summed E-state index contributed by atoms with van der Waals surface area (Å²) in [6, 6.07) is 9.92. The van der Waals surface area contributed by atoms with Crippen molar-refractivity contribution in [1.29, 1.82) is 0 Å². The molecular weight excluding hydrogens is 328 g/mol. The number of Topliss-reactive ketones (excluding diaryl/α,β-unsaturated/α-hetero) is 1. The Morgan fingerprint density at radius 1 is 1.08 bits per heavy atom. The van der Waals surface area contributed by atoms with Gasteiger partial charge in [-0.1, -0.05) is 58.0 Å². The molecule has 0 saturated heterocycles. The molecule has 0 aromatic heterocycles. The first kappa shape index (κ1) is 22.8. The summed E-state index contributed by atoms with van der Waals surface area (Å²) >= 11 is 0. The molecule has 26 heavy (non-hydrogen) atoms. The first-order chi connectivity index (χ1) is 12.1. The van der Waals surface area contributed by atoms with E-state index >= 15 is 0 Å². The van der Waals surface area contributed by atoms with Gasteiger partial charge in [-0.2, -0.15) is 0 Å². The van der Waals surface area contributed by atoms with Crippen molar-refractivity contribution < 1.29 is 19.4 Å². The molecule has 4 heteroatoms. The van der Waals surface area contributed by atoms with E-state index in [9.17, 15) is 9.90 Å². The summed E-state index contributed by atoms with van der Waals surface area (Å²) in [7, 11) is 0. The Morgan fingerprint density at radius 2 is 1.65 bits per heavy atom. The van der Waals surface area contributed by atoms with Gasteiger partial charge in [0.15, 0.2) is 0 Å². The van der Waals surface area contributed by atoms with Gasteiger partial charge in [0.2, 0.25) is 0 Å². The van der Waals surface area contributed by atoms with Gasteiger partial charge in [0.1, 0.15) is 5.78 Å². The summed E-state index contributed by atoms with van der Waals surface area (Å²) in [5.74, 6) is -0.582. The topological polar surface area (TPSA) is 55.8 Å². The molecule has 1 rings (SSSR count). The average molecular weight is 365 g/mol. The van der Waals surface area contributed by atoms with E-state index in [1.54, 1.807) is 6.92 Å². The predicted molar refractivity (Wildman–Crippen MR) is 105 cm³/mol. The molecular formula is C22H36O4. The minimum atomic E-state index is -0.746. The second-order valence-corrected chi connectivity index (χ2v) is 8.17. The van der Waals surface area contributed by atoms with Gasteiger partial charge < -0.3 is 14.6 Å². The maximum atomic E-state index is 12.9. The van der Waals surface area contributed by atoms with Crippen molar-refractivity contribution >= 4 is 5.78 Å². The zero-order valence-corrected chi connectivity index (χ0v) is 17.4. The summed E-state index contributed by atoms with van der Waals surface area (Å²) < 4.78 is 11.5. The Labute approximate surface area is 158 Å². The Balaban J connectivity index is 2.58. The van der Waals surface area contributed by atoms with Crippen LogP contribution in [0.3, 0.4) is 0 Å². The maximum absolute atomic E-state index is 12.9. The third kappa shape index (κ3) is 6.49. The number of ether oxygens (including phenoxy) is 2. The SMILES string of the molecule is CC(C)OC(C)C(C)(C)C(=O)C(C)C(O)[C@@H](C)COCc1ccccc1. The molecule has 4 atom stereocenters. The number of aliphatic hydroxyl groups excluding tert-OH is 1. The molecule has 4 nitrogen and oxygen atoms in total. The number of aliphatic hydroxyl groups is 1. The lowest BCUT2D eigenvalue weighted by molar-refractivity contribution is -0.146. The highest BCUT2D eigenvalue weighted by Gasteiger charge is 2.40. The molecule has 0 spiro atoms. The van der Waals surface area contributed by atoms with E-state index in [-0.39, 0.29) is 23.9 Å². The van der Waals surface area contributed by atoms with Crippen LogP contribution in [-0.2, 0) is 20.9 Å². The lowest BCUT2D eigenvalue weighted by Gasteiger charge is -2.36. The first-order valence-electron chi connectivity index (χ1n) is 9.56. The van der Waals surface area contributed by atoms with Crippen LogP contribution in [0.4, 0.5) is 0 Å². The number of carbonyl (C=O) groups is 1. The van der Waals surface area contributed by atoms with Gasteiger partial charge in [-0.15, -0.1) is 0 Å². The Kier molecular flexibility index (Phi) is 8.94. The molecule has 3 unspecified atom stereocenters. The highest BCUT2D eigenvalue weighted by Crippen LogP contribution is 2.31. The zero-order chi connectivity index (χ0) is 19.9. The van der Waals surface area contributed by atoms with Crippen molar-refractivity contribution in [3.05, 3.63) is 35.9 Å². The molecule has 0 aliphatic carbocycles. The van der Waals surface area contributed by atoms with Gasteiger partial charge >= 0.3 is 0 Å². The van der Waals surface area contributed by atoms with Gasteiger partial charge in [0.05, 0.1) is 31.5 Å². The van der Waals surface area contributed by atoms with Crippen LogP contribution in [0.25, 0.3) is 0 Å². The number of rotatable bonds is 11. The number of benzene rings is 1. The van der Waals surface area contributed by atoms with E-state index in [2.05, 4.69) is 0 Å². The van der Waals surface area contributed by atoms with Crippen LogP contribution in [0, 0.1) is 17.3 Å². The van der Waals surface area contributed by atoms with Crippen molar-refractivity contribution in [3.63, 3.8) is 0 Å². The van der Waals surface area contributed by atoms with Crippen LogP contribution in [0.1, 0.15) is 54.0 Å². The van der Waals surface area contributed by atoms with Crippen LogP contribution in [0.15, 0.2) is 30.3 Å². The molecule has 0 bridgehead atoms. The molecule has 0 saturated carbocycles. The zero-order valence-electron chi connectivity index (χ0n) is 17.4. The predicted octanol–water partition coefficient (Wildman–Crippen LogP) is 4.25. The van der Waals surface area contributed by atoms with Crippen molar-refractivity contribution in [3.8, 4) is 0 Å². The van der Waals surface area contributed by atoms with Crippen molar-refractivity contribution in [2.45, 2.75) is 73.4 Å². The average Bonchev–Trinajstić information content (AvgIpc) is 2.59. The summed E-state index contributed by atoms with van der Waals surface area (Å²) in [5, 5.41) is 10.6. The van der Waals surface area contributed by atoms with Gasteiger partial charge in [-0.05, 0) is 26.3 Å². The number of hydrogen-bond acceptors (Lipinski definition) is 4. The smallest absolute Gasteiger partial charge is 0.146 e. The van der Waals surface area contributed by atoms with Crippen LogP contribution in [0.2, 0.25) is 0 Å². The highest BCUT2D eigenvalue weighted by atomic mass is 16.5. The summed E-state index contributed by atoms with van der Waals surface area (Å²) in [5.41, 5.74) is 0.439. The molecule has 0 aliphatic rings. The summed E-state index contributed by atoms with van der Waals surface area (Å²) in [6.45, 7) is 14.2. The molecule has 0 radical (unpaired) electrons. The fourth-order valence-corrected chi connectivity index (χ4v) is 3.05. The second-order valence-electron chi connectivity index (χ2n) is 8.17. The lowest BCUT2D eigenvalue weighted by atomic mass is 9.74. The largest absolute Gasteiger partial charge is 0.392 e. The van der Waals surface area contributed by atoms with Crippen molar-refractivity contribution in [1.82, 2.24) is 0 Å². The van der Waals surface area contributed by atoms with Crippen LogP contribution in [-0.4, -0.2) is 35.8 Å². The Bertz CT molecular complexity index is 538. The van der Waals surface area contributed by atoms with Gasteiger partial charge in [-0.3, -0.25) is 4.79 Å². The summed E-state index contributed by atoms with van der Waals surface area (Å²) in [6.07, 6.45) is -0.902. The van der Waals surface area contributed by atoms with Gasteiger partial charge in [-0.25, -0.2) is 0 Å². The molecule has 1 aromatic rings. The normalized spacial score (nSPS) is 17.0. The van der Waals surface area contributed by atoms with Crippen molar-refractivity contribution in [2.75, 3.05) is 6.61 Å². The molecule has 0 heterocycles. The fraction of sp³-hybridized carbons (Fsp3) is 0.682. The maximum Gasteiger partial charge on any atom is 0.146 e. The van der Waals surface area contributed by atoms with Crippen LogP contribution in [0.5, 0.6) is 0 Å². The molecule has 148 valence electrons. The molecule has 0 aliphatic heterocycles. The third-order valence-electron chi connectivity index (χ3n) is 5.13.